The van der Waals surface area contributed by atoms with E-state index in [0.717, 1.165) is 19.6 Å². The van der Waals surface area contributed by atoms with E-state index in [4.69, 9.17) is 0 Å². The van der Waals surface area contributed by atoms with Crippen molar-refractivity contribution in [2.24, 2.45) is 0 Å². The lowest BCUT2D eigenvalue weighted by molar-refractivity contribution is 0.291. The van der Waals surface area contributed by atoms with Gasteiger partial charge in [-0.05, 0) is 38.6 Å². The molecule has 2 N–H and O–H groups in total. The Morgan fingerprint density at radius 3 is 3.12 bits per heavy atom. The number of hydrogen-bond donors (Lipinski definition) is 2. The fourth-order valence-electron chi connectivity index (χ4n) is 2.15. The molecule has 0 unspecified atom stereocenters. The number of thiophene rings is 1. The van der Waals surface area contributed by atoms with Crippen LogP contribution in [0.2, 0.25) is 0 Å². The number of hydrogen-bond acceptors (Lipinski definition) is 4. The van der Waals surface area contributed by atoms with Crippen LogP contribution in [0.5, 0.6) is 0 Å². The molecule has 0 saturated carbocycles. The molecule has 0 spiro atoms. The van der Waals surface area contributed by atoms with Gasteiger partial charge in [-0.2, -0.15) is 0 Å². The molecule has 1 aliphatic heterocycles. The second-order valence-electron chi connectivity index (χ2n) is 4.63. The van der Waals surface area contributed by atoms with Gasteiger partial charge in [-0.25, -0.2) is 0 Å². The van der Waals surface area contributed by atoms with E-state index in [2.05, 4.69) is 34.6 Å². The Kier molecular flexibility index (Phi) is 5.45. The summed E-state index contributed by atoms with van der Waals surface area (Å²) in [6.07, 6.45) is 1.28. The predicted molar refractivity (Wildman–Crippen MR) is 74.7 cm³/mol. The van der Waals surface area contributed by atoms with Gasteiger partial charge in [-0.15, -0.1) is 11.3 Å². The van der Waals surface area contributed by atoms with Gasteiger partial charge in [-0.1, -0.05) is 0 Å². The SMILES string of the molecule is Cc1ccc(CNCCN2CCCNCC2)s1. The number of aryl methyl sites for hydroxylation is 1. The quantitative estimate of drug-likeness (QED) is 0.778. The third-order valence-electron chi connectivity index (χ3n) is 3.13. The zero-order valence-electron chi connectivity index (χ0n) is 10.7. The average Bonchev–Trinajstić information content (AvgIpc) is 2.59. The van der Waals surface area contributed by atoms with Crippen molar-refractivity contribution in [1.82, 2.24) is 15.5 Å². The second kappa shape index (κ2) is 7.11. The highest BCUT2D eigenvalue weighted by molar-refractivity contribution is 7.11. The summed E-state index contributed by atoms with van der Waals surface area (Å²) in [4.78, 5) is 5.40. The van der Waals surface area contributed by atoms with Crippen molar-refractivity contribution in [2.45, 2.75) is 19.9 Å². The van der Waals surface area contributed by atoms with Crippen LogP contribution in [0.1, 0.15) is 16.2 Å². The maximum atomic E-state index is 3.53. The normalized spacial score (nSPS) is 18.2. The summed E-state index contributed by atoms with van der Waals surface area (Å²) in [6.45, 7) is 10.2. The lowest BCUT2D eigenvalue weighted by Gasteiger charge is -2.19. The smallest absolute Gasteiger partial charge is 0.0300 e. The van der Waals surface area contributed by atoms with Gasteiger partial charge >= 0.3 is 0 Å². The summed E-state index contributed by atoms with van der Waals surface area (Å²) in [7, 11) is 0. The third kappa shape index (κ3) is 4.76. The van der Waals surface area contributed by atoms with Gasteiger partial charge in [0.15, 0.2) is 0 Å². The molecule has 0 amide bonds. The molecule has 17 heavy (non-hydrogen) atoms. The van der Waals surface area contributed by atoms with Crippen molar-refractivity contribution in [1.29, 1.82) is 0 Å². The monoisotopic (exact) mass is 253 g/mol. The van der Waals surface area contributed by atoms with Gasteiger partial charge in [0.1, 0.15) is 0 Å². The standard InChI is InChI=1S/C13H23N3S/c1-12-3-4-13(17-12)11-15-7-10-16-8-2-5-14-6-9-16/h3-4,14-15H,2,5-11H2,1H3. The zero-order chi connectivity index (χ0) is 11.9. The van der Waals surface area contributed by atoms with Crippen LogP contribution < -0.4 is 10.6 Å². The number of rotatable bonds is 5. The van der Waals surface area contributed by atoms with Crippen LogP contribution in [0, 0.1) is 6.92 Å². The zero-order valence-corrected chi connectivity index (χ0v) is 11.5. The predicted octanol–water partition coefficient (Wildman–Crippen LogP) is 1.44. The minimum Gasteiger partial charge on any atom is -0.315 e. The molecule has 3 nitrogen and oxygen atoms in total. The minimum absolute atomic E-state index is 1.02. The Labute approximate surface area is 108 Å². The first-order chi connectivity index (χ1) is 8.34. The molecular formula is C13H23N3S. The molecule has 1 aliphatic rings. The van der Waals surface area contributed by atoms with Crippen LogP contribution in [-0.4, -0.2) is 44.2 Å². The van der Waals surface area contributed by atoms with E-state index in [1.54, 1.807) is 0 Å². The summed E-state index contributed by atoms with van der Waals surface area (Å²) in [5.74, 6) is 0. The molecule has 1 aromatic rings. The van der Waals surface area contributed by atoms with Gasteiger partial charge < -0.3 is 15.5 Å². The molecule has 0 radical (unpaired) electrons. The Morgan fingerprint density at radius 2 is 2.29 bits per heavy atom. The first kappa shape index (κ1) is 13.0. The molecular weight excluding hydrogens is 230 g/mol. The van der Waals surface area contributed by atoms with Gasteiger partial charge in [-0.3, -0.25) is 0 Å². The van der Waals surface area contributed by atoms with Crippen LogP contribution >= 0.6 is 11.3 Å². The molecule has 0 aliphatic carbocycles. The van der Waals surface area contributed by atoms with Crippen molar-refractivity contribution in [2.75, 3.05) is 39.3 Å². The maximum Gasteiger partial charge on any atom is 0.0300 e. The van der Waals surface area contributed by atoms with Crippen LogP contribution in [0.15, 0.2) is 12.1 Å². The van der Waals surface area contributed by atoms with E-state index in [1.165, 1.54) is 42.4 Å². The molecule has 1 saturated heterocycles. The third-order valence-corrected chi connectivity index (χ3v) is 4.13. The Balaban J connectivity index is 1.59. The first-order valence-corrected chi connectivity index (χ1v) is 7.35. The molecule has 0 atom stereocenters. The van der Waals surface area contributed by atoms with Crippen LogP contribution in [0.4, 0.5) is 0 Å². The summed E-state index contributed by atoms with van der Waals surface area (Å²) in [6, 6.07) is 4.42. The Bertz CT molecular complexity index is 316. The molecule has 4 heteroatoms. The van der Waals surface area contributed by atoms with Crippen molar-refractivity contribution in [3.05, 3.63) is 21.9 Å². The van der Waals surface area contributed by atoms with Crippen LogP contribution in [-0.2, 0) is 6.54 Å². The van der Waals surface area contributed by atoms with Crippen LogP contribution in [0.3, 0.4) is 0 Å². The minimum atomic E-state index is 1.02. The van der Waals surface area contributed by atoms with E-state index in [-0.39, 0.29) is 0 Å². The molecule has 2 heterocycles. The van der Waals surface area contributed by atoms with Crippen molar-refractivity contribution >= 4 is 11.3 Å². The summed E-state index contributed by atoms with van der Waals surface area (Å²) in [5.41, 5.74) is 0. The van der Waals surface area contributed by atoms with Gasteiger partial charge in [0.05, 0.1) is 0 Å². The highest BCUT2D eigenvalue weighted by atomic mass is 32.1. The molecule has 1 aromatic heterocycles. The largest absolute Gasteiger partial charge is 0.315 e. The fourth-order valence-corrected chi connectivity index (χ4v) is 3.01. The molecule has 1 fully saturated rings. The highest BCUT2D eigenvalue weighted by Gasteiger charge is 2.07. The number of nitrogens with one attached hydrogen (secondary N) is 2. The van der Waals surface area contributed by atoms with Crippen molar-refractivity contribution < 1.29 is 0 Å². The second-order valence-corrected chi connectivity index (χ2v) is 6.01. The lowest BCUT2D eigenvalue weighted by atomic mass is 10.4. The molecule has 0 bridgehead atoms. The average molecular weight is 253 g/mol. The van der Waals surface area contributed by atoms with Gasteiger partial charge in [0, 0.05) is 42.5 Å². The van der Waals surface area contributed by atoms with E-state index < -0.39 is 0 Å². The lowest BCUT2D eigenvalue weighted by Crippen LogP contribution is -2.34. The highest BCUT2D eigenvalue weighted by Crippen LogP contribution is 2.14. The van der Waals surface area contributed by atoms with Crippen molar-refractivity contribution in [3.8, 4) is 0 Å². The van der Waals surface area contributed by atoms with Gasteiger partial charge in [0.25, 0.3) is 0 Å². The topological polar surface area (TPSA) is 27.3 Å². The van der Waals surface area contributed by atoms with Crippen LogP contribution in [0.25, 0.3) is 0 Å². The maximum absolute atomic E-state index is 3.53. The summed E-state index contributed by atoms with van der Waals surface area (Å²) < 4.78 is 0. The van der Waals surface area contributed by atoms with E-state index in [1.807, 2.05) is 11.3 Å². The summed E-state index contributed by atoms with van der Waals surface area (Å²) >= 11 is 1.89. The molecule has 2 rings (SSSR count). The Hall–Kier alpha value is -0.420. The number of nitrogens with zero attached hydrogens (tertiary/aromatic N) is 1. The van der Waals surface area contributed by atoms with Crippen molar-refractivity contribution in [3.63, 3.8) is 0 Å². The summed E-state index contributed by atoms with van der Waals surface area (Å²) in [5, 5.41) is 6.97. The Morgan fingerprint density at radius 1 is 1.35 bits per heavy atom. The van der Waals surface area contributed by atoms with E-state index in [0.29, 0.717) is 0 Å². The van der Waals surface area contributed by atoms with E-state index >= 15 is 0 Å². The molecule has 0 aromatic carbocycles. The molecule has 96 valence electrons. The first-order valence-electron chi connectivity index (χ1n) is 6.54. The van der Waals surface area contributed by atoms with Gasteiger partial charge in [0.2, 0.25) is 0 Å². The fraction of sp³-hybridized carbons (Fsp3) is 0.692. The van der Waals surface area contributed by atoms with E-state index in [9.17, 15) is 0 Å².